The lowest BCUT2D eigenvalue weighted by molar-refractivity contribution is -0.125. The first-order valence-electron chi connectivity index (χ1n) is 7.47. The second-order valence-electron chi connectivity index (χ2n) is 5.51. The zero-order valence-electron chi connectivity index (χ0n) is 12.9. The van der Waals surface area contributed by atoms with E-state index in [0.29, 0.717) is 6.54 Å². The van der Waals surface area contributed by atoms with Crippen LogP contribution in [0.1, 0.15) is 24.0 Å². The standard InChI is InChI=1S/C16H25N3O2/c1-18-16(20)13-5-7-19(8-6-13)11-14-9-12(10-17)3-4-15(14)21-2/h3-4,9,13H,5-8,10-11,17H2,1-2H3,(H,18,20). The number of likely N-dealkylation sites (tertiary alicyclic amines) is 1. The van der Waals surface area contributed by atoms with E-state index in [-0.39, 0.29) is 11.8 Å². The van der Waals surface area contributed by atoms with Gasteiger partial charge in [-0.25, -0.2) is 0 Å². The van der Waals surface area contributed by atoms with Crippen LogP contribution in [0.15, 0.2) is 18.2 Å². The summed E-state index contributed by atoms with van der Waals surface area (Å²) in [5, 5.41) is 2.74. The Kier molecular flexibility index (Phi) is 5.59. The van der Waals surface area contributed by atoms with Gasteiger partial charge in [0, 0.05) is 31.6 Å². The highest BCUT2D eigenvalue weighted by Gasteiger charge is 2.24. The summed E-state index contributed by atoms with van der Waals surface area (Å²) in [6, 6.07) is 6.10. The van der Waals surface area contributed by atoms with Crippen molar-refractivity contribution in [3.63, 3.8) is 0 Å². The molecule has 0 aliphatic carbocycles. The monoisotopic (exact) mass is 291 g/mol. The van der Waals surface area contributed by atoms with Gasteiger partial charge in [-0.15, -0.1) is 0 Å². The summed E-state index contributed by atoms with van der Waals surface area (Å²) < 4.78 is 5.43. The Bertz CT molecular complexity index is 482. The van der Waals surface area contributed by atoms with Gasteiger partial charge in [-0.1, -0.05) is 6.07 Å². The number of methoxy groups -OCH3 is 1. The Morgan fingerprint density at radius 2 is 2.14 bits per heavy atom. The highest BCUT2D eigenvalue weighted by molar-refractivity contribution is 5.78. The topological polar surface area (TPSA) is 67.6 Å². The van der Waals surface area contributed by atoms with Crippen LogP contribution in [0, 0.1) is 5.92 Å². The molecule has 5 heteroatoms. The summed E-state index contributed by atoms with van der Waals surface area (Å²) in [5.74, 6) is 1.22. The first kappa shape index (κ1) is 15.8. The third-order valence-corrected chi connectivity index (χ3v) is 4.18. The van der Waals surface area contributed by atoms with Crippen molar-refractivity contribution < 1.29 is 9.53 Å². The van der Waals surface area contributed by atoms with Gasteiger partial charge in [-0.2, -0.15) is 0 Å². The van der Waals surface area contributed by atoms with Crippen LogP contribution >= 0.6 is 0 Å². The Labute approximate surface area is 126 Å². The zero-order valence-corrected chi connectivity index (χ0v) is 12.9. The van der Waals surface area contributed by atoms with Gasteiger partial charge in [0.05, 0.1) is 7.11 Å². The third-order valence-electron chi connectivity index (χ3n) is 4.18. The van der Waals surface area contributed by atoms with Crippen LogP contribution in [-0.2, 0) is 17.9 Å². The third kappa shape index (κ3) is 3.95. The van der Waals surface area contributed by atoms with E-state index in [1.54, 1.807) is 14.2 Å². The van der Waals surface area contributed by atoms with Crippen LogP contribution in [-0.4, -0.2) is 38.1 Å². The van der Waals surface area contributed by atoms with Crippen LogP contribution in [0.2, 0.25) is 0 Å². The van der Waals surface area contributed by atoms with Gasteiger partial charge < -0.3 is 15.8 Å². The minimum absolute atomic E-state index is 0.156. The van der Waals surface area contributed by atoms with E-state index in [9.17, 15) is 4.79 Å². The lowest BCUT2D eigenvalue weighted by atomic mass is 9.95. The Morgan fingerprint density at radius 3 is 2.71 bits per heavy atom. The van der Waals surface area contributed by atoms with Gasteiger partial charge in [-0.05, 0) is 43.6 Å². The van der Waals surface area contributed by atoms with Gasteiger partial charge >= 0.3 is 0 Å². The molecule has 0 atom stereocenters. The molecule has 1 amide bonds. The second-order valence-corrected chi connectivity index (χ2v) is 5.51. The van der Waals surface area contributed by atoms with Crippen molar-refractivity contribution >= 4 is 5.91 Å². The fourth-order valence-corrected chi connectivity index (χ4v) is 2.88. The highest BCUT2D eigenvalue weighted by Crippen LogP contribution is 2.24. The van der Waals surface area contributed by atoms with Gasteiger partial charge in [0.25, 0.3) is 0 Å². The average Bonchev–Trinajstić information content (AvgIpc) is 2.54. The number of amides is 1. The SMILES string of the molecule is CNC(=O)C1CCN(Cc2cc(CN)ccc2OC)CC1. The summed E-state index contributed by atoms with van der Waals surface area (Å²) in [5.41, 5.74) is 7.99. The van der Waals surface area contributed by atoms with Crippen LogP contribution in [0.3, 0.4) is 0 Å². The number of nitrogens with zero attached hydrogens (tertiary/aromatic N) is 1. The number of piperidine rings is 1. The van der Waals surface area contributed by atoms with E-state index < -0.39 is 0 Å². The predicted molar refractivity (Wildman–Crippen MR) is 83.0 cm³/mol. The molecule has 1 aromatic rings. The molecular formula is C16H25N3O2. The molecular weight excluding hydrogens is 266 g/mol. The van der Waals surface area contributed by atoms with Crippen molar-refractivity contribution in [1.82, 2.24) is 10.2 Å². The minimum atomic E-state index is 0.156. The van der Waals surface area contributed by atoms with Crippen molar-refractivity contribution in [3.8, 4) is 5.75 Å². The molecule has 116 valence electrons. The Morgan fingerprint density at radius 1 is 1.43 bits per heavy atom. The van der Waals surface area contributed by atoms with Crippen molar-refractivity contribution in [3.05, 3.63) is 29.3 Å². The van der Waals surface area contributed by atoms with Gasteiger partial charge in [0.15, 0.2) is 0 Å². The number of carbonyl (C=O) groups excluding carboxylic acids is 1. The molecule has 1 saturated heterocycles. The van der Waals surface area contributed by atoms with Crippen molar-refractivity contribution in [1.29, 1.82) is 0 Å². The molecule has 1 aliphatic heterocycles. The zero-order chi connectivity index (χ0) is 15.2. The fourth-order valence-electron chi connectivity index (χ4n) is 2.88. The number of carbonyl (C=O) groups is 1. The molecule has 1 fully saturated rings. The molecule has 5 nitrogen and oxygen atoms in total. The molecule has 0 unspecified atom stereocenters. The van der Waals surface area contributed by atoms with E-state index in [0.717, 1.165) is 43.8 Å². The maximum Gasteiger partial charge on any atom is 0.222 e. The molecule has 21 heavy (non-hydrogen) atoms. The van der Waals surface area contributed by atoms with Crippen LogP contribution in [0.25, 0.3) is 0 Å². The number of benzene rings is 1. The highest BCUT2D eigenvalue weighted by atomic mass is 16.5. The molecule has 0 bridgehead atoms. The maximum absolute atomic E-state index is 11.7. The summed E-state index contributed by atoms with van der Waals surface area (Å²) in [6.45, 7) is 3.26. The maximum atomic E-state index is 11.7. The van der Waals surface area contributed by atoms with E-state index in [1.807, 2.05) is 12.1 Å². The quantitative estimate of drug-likeness (QED) is 0.853. The summed E-state index contributed by atoms with van der Waals surface area (Å²) >= 11 is 0. The molecule has 1 aliphatic rings. The molecule has 2 rings (SSSR count). The number of hydrogen-bond donors (Lipinski definition) is 2. The van der Waals surface area contributed by atoms with E-state index in [2.05, 4.69) is 16.3 Å². The van der Waals surface area contributed by atoms with Crippen LogP contribution in [0.5, 0.6) is 5.75 Å². The lowest BCUT2D eigenvalue weighted by Crippen LogP contribution is -2.39. The lowest BCUT2D eigenvalue weighted by Gasteiger charge is -2.31. The van der Waals surface area contributed by atoms with Gasteiger partial charge in [0.1, 0.15) is 5.75 Å². The largest absolute Gasteiger partial charge is 0.496 e. The molecule has 0 aromatic heterocycles. The Hall–Kier alpha value is -1.59. The van der Waals surface area contributed by atoms with Crippen LogP contribution in [0.4, 0.5) is 0 Å². The van der Waals surface area contributed by atoms with E-state index in [1.165, 1.54) is 5.56 Å². The molecule has 3 N–H and O–H groups in total. The first-order chi connectivity index (χ1) is 10.2. The Balaban J connectivity index is 1.98. The molecule has 0 spiro atoms. The van der Waals surface area contributed by atoms with Crippen LogP contribution < -0.4 is 15.8 Å². The molecule has 1 aromatic carbocycles. The molecule has 1 heterocycles. The van der Waals surface area contributed by atoms with Crippen molar-refractivity contribution in [2.45, 2.75) is 25.9 Å². The van der Waals surface area contributed by atoms with Gasteiger partial charge in [0.2, 0.25) is 5.91 Å². The number of rotatable bonds is 5. The minimum Gasteiger partial charge on any atom is -0.496 e. The number of nitrogens with one attached hydrogen (secondary N) is 1. The molecule has 0 radical (unpaired) electrons. The molecule has 0 saturated carbocycles. The summed E-state index contributed by atoms with van der Waals surface area (Å²) in [7, 11) is 3.40. The van der Waals surface area contributed by atoms with Gasteiger partial charge in [-0.3, -0.25) is 9.69 Å². The second kappa shape index (κ2) is 7.43. The normalized spacial score (nSPS) is 16.7. The smallest absolute Gasteiger partial charge is 0.222 e. The first-order valence-corrected chi connectivity index (χ1v) is 7.47. The van der Waals surface area contributed by atoms with E-state index in [4.69, 9.17) is 10.5 Å². The van der Waals surface area contributed by atoms with E-state index >= 15 is 0 Å². The van der Waals surface area contributed by atoms with Crippen molar-refractivity contribution in [2.24, 2.45) is 11.7 Å². The average molecular weight is 291 g/mol. The number of nitrogens with two attached hydrogens (primary N) is 1. The summed E-state index contributed by atoms with van der Waals surface area (Å²) in [4.78, 5) is 14.0. The van der Waals surface area contributed by atoms with Crippen molar-refractivity contribution in [2.75, 3.05) is 27.2 Å². The number of hydrogen-bond acceptors (Lipinski definition) is 4. The summed E-state index contributed by atoms with van der Waals surface area (Å²) in [6.07, 6.45) is 1.83. The predicted octanol–water partition coefficient (Wildman–Crippen LogP) is 1.11. The number of ether oxygens (including phenoxy) is 1. The fraction of sp³-hybridized carbons (Fsp3) is 0.562.